The number of amides is 1. The third-order valence-electron chi connectivity index (χ3n) is 4.91. The molecule has 0 bridgehead atoms. The monoisotopic (exact) mass is 480 g/mol. The molecule has 162 valence electrons. The number of hydrogen-bond donors (Lipinski definition) is 1. The summed E-state index contributed by atoms with van der Waals surface area (Å²) >= 11 is 12.0. The number of nitriles is 2. The lowest BCUT2D eigenvalue weighted by atomic mass is 9.76. The summed E-state index contributed by atoms with van der Waals surface area (Å²) in [7, 11) is 0. The van der Waals surface area contributed by atoms with Crippen LogP contribution in [0.3, 0.4) is 0 Å². The minimum Gasteiger partial charge on any atom is -0.261 e. The minimum atomic E-state index is -4.73. The van der Waals surface area contributed by atoms with Crippen LogP contribution in [0, 0.1) is 27.6 Å². The van der Waals surface area contributed by atoms with E-state index in [1.807, 2.05) is 11.5 Å². The fourth-order valence-corrected chi connectivity index (χ4v) is 3.77. The Balaban J connectivity index is 2.10. The van der Waals surface area contributed by atoms with Crippen molar-refractivity contribution < 1.29 is 22.8 Å². The summed E-state index contributed by atoms with van der Waals surface area (Å²) in [5, 5.41) is 18.3. The highest BCUT2D eigenvalue weighted by atomic mass is 35.5. The van der Waals surface area contributed by atoms with Crippen LogP contribution in [0.15, 0.2) is 41.4 Å². The summed E-state index contributed by atoms with van der Waals surface area (Å²) in [4.78, 5) is 27.5. The van der Waals surface area contributed by atoms with Gasteiger partial charge in [0.15, 0.2) is 4.87 Å². The zero-order chi connectivity index (χ0) is 23.8. The van der Waals surface area contributed by atoms with Gasteiger partial charge in [0.1, 0.15) is 11.5 Å². The molecule has 12 heteroatoms. The number of hydrogen-bond acceptors (Lipinski definition) is 5. The van der Waals surface area contributed by atoms with Crippen molar-refractivity contribution in [3.8, 4) is 12.1 Å². The van der Waals surface area contributed by atoms with Gasteiger partial charge < -0.3 is 0 Å². The number of nitrogens with one attached hydrogen (secondary N) is 1. The van der Waals surface area contributed by atoms with Crippen molar-refractivity contribution in [3.05, 3.63) is 73.6 Å². The summed E-state index contributed by atoms with van der Waals surface area (Å²) in [6.45, 7) is 1.39. The smallest absolute Gasteiger partial charge is 0.261 e. The SMILES string of the molecule is CC(C#N)(c1ccc(Cl)c(C(F)(F)F)c1)c1ccc(C2N=C(C#N)C(=O)N[N+]2=O)cc1Cl. The molecule has 0 aromatic heterocycles. The van der Waals surface area contributed by atoms with Crippen LogP contribution in [0.25, 0.3) is 0 Å². The lowest BCUT2D eigenvalue weighted by Crippen LogP contribution is -2.43. The Morgan fingerprint density at radius 2 is 1.78 bits per heavy atom. The first-order chi connectivity index (χ1) is 14.9. The highest BCUT2D eigenvalue weighted by Crippen LogP contribution is 2.41. The molecule has 3 rings (SSSR count). The van der Waals surface area contributed by atoms with Crippen LogP contribution in [0.1, 0.15) is 35.3 Å². The van der Waals surface area contributed by atoms with Gasteiger partial charge in [0.2, 0.25) is 5.71 Å². The first-order valence-corrected chi connectivity index (χ1v) is 9.51. The van der Waals surface area contributed by atoms with Crippen molar-refractivity contribution in [1.29, 1.82) is 10.5 Å². The quantitative estimate of drug-likeness (QED) is 0.645. The number of nitroso groups, excluding NO2 is 1. The van der Waals surface area contributed by atoms with Crippen LogP contribution in [0.4, 0.5) is 13.2 Å². The second kappa shape index (κ2) is 8.23. The predicted octanol–water partition coefficient (Wildman–Crippen LogP) is 4.63. The maximum atomic E-state index is 13.3. The normalized spacial score (nSPS) is 18.1. The summed E-state index contributed by atoms with van der Waals surface area (Å²) in [6.07, 6.45) is -6.04. The summed E-state index contributed by atoms with van der Waals surface area (Å²) in [5.41, 5.74) is -0.910. The van der Waals surface area contributed by atoms with Crippen molar-refractivity contribution in [3.63, 3.8) is 0 Å². The van der Waals surface area contributed by atoms with Gasteiger partial charge in [0.05, 0.1) is 27.1 Å². The largest absolute Gasteiger partial charge is 0.417 e. The third kappa shape index (κ3) is 4.03. The molecule has 1 aliphatic rings. The highest BCUT2D eigenvalue weighted by Gasteiger charge is 2.40. The number of benzene rings is 2. The molecule has 0 saturated carbocycles. The van der Waals surface area contributed by atoms with Crippen LogP contribution in [-0.2, 0) is 16.4 Å². The zero-order valence-electron chi connectivity index (χ0n) is 16.0. The Morgan fingerprint density at radius 1 is 1.09 bits per heavy atom. The Labute approximate surface area is 189 Å². The number of alkyl halides is 3. The van der Waals surface area contributed by atoms with E-state index in [1.165, 1.54) is 31.2 Å². The number of aliphatic imine (C=N–C) groups is 1. The van der Waals surface area contributed by atoms with Gasteiger partial charge in [-0.25, -0.2) is 0 Å². The average Bonchev–Trinajstić information content (AvgIpc) is 2.72. The summed E-state index contributed by atoms with van der Waals surface area (Å²) < 4.78 is 39.9. The Morgan fingerprint density at radius 3 is 2.34 bits per heavy atom. The molecule has 2 atom stereocenters. The van der Waals surface area contributed by atoms with Crippen molar-refractivity contribution in [2.45, 2.75) is 24.7 Å². The first kappa shape index (κ1) is 23.2. The van der Waals surface area contributed by atoms with E-state index in [2.05, 4.69) is 4.99 Å². The third-order valence-corrected chi connectivity index (χ3v) is 5.55. The predicted molar refractivity (Wildman–Crippen MR) is 108 cm³/mol. The van der Waals surface area contributed by atoms with Crippen LogP contribution in [0.5, 0.6) is 0 Å². The minimum absolute atomic E-state index is 0.00606. The second-order valence-electron chi connectivity index (χ2n) is 6.90. The molecular weight excluding hydrogens is 470 g/mol. The maximum absolute atomic E-state index is 13.3. The van der Waals surface area contributed by atoms with Gasteiger partial charge in [-0.3, -0.25) is 4.79 Å². The van der Waals surface area contributed by atoms with E-state index >= 15 is 0 Å². The number of halogens is 5. The van der Waals surface area contributed by atoms with E-state index in [9.17, 15) is 28.1 Å². The molecule has 1 heterocycles. The molecule has 1 N–H and O–H groups in total. The fraction of sp³-hybridized carbons (Fsp3) is 0.200. The molecule has 2 unspecified atom stereocenters. The molecule has 2 aromatic rings. The molecule has 32 heavy (non-hydrogen) atoms. The number of rotatable bonds is 3. The number of carbonyl (C=O) groups excluding carboxylic acids is 1. The molecule has 2 aromatic carbocycles. The summed E-state index contributed by atoms with van der Waals surface area (Å²) in [5.74, 6) is -0.957. The summed E-state index contributed by atoms with van der Waals surface area (Å²) in [6, 6.07) is 10.7. The van der Waals surface area contributed by atoms with E-state index in [0.29, 0.717) is 0 Å². The standard InChI is InChI=1S/C20H10Cl2F3N5O2/c1-19(9-27,11-3-5-14(21)13(7-11)20(23,24)25)12-4-2-10(6-15(12)22)17-28-16(8-26)18(31)29-30(17)32/h2-7,17H,1H3/p+1. The average molecular weight is 481 g/mol. The lowest BCUT2D eigenvalue weighted by molar-refractivity contribution is -0.634. The van der Waals surface area contributed by atoms with Crippen molar-refractivity contribution in [2.75, 3.05) is 0 Å². The zero-order valence-corrected chi connectivity index (χ0v) is 17.5. The topological polar surface area (TPSA) is 109 Å². The van der Waals surface area contributed by atoms with E-state index in [1.54, 1.807) is 6.07 Å². The number of nitrogens with zero attached hydrogens (tertiary/aromatic N) is 4. The maximum Gasteiger partial charge on any atom is 0.417 e. The van der Waals surface area contributed by atoms with Crippen LogP contribution < -0.4 is 5.43 Å². The molecule has 0 spiro atoms. The van der Waals surface area contributed by atoms with E-state index in [4.69, 9.17) is 28.5 Å². The molecule has 0 radical (unpaired) electrons. The second-order valence-corrected chi connectivity index (χ2v) is 7.71. The van der Waals surface area contributed by atoms with Gasteiger partial charge >= 0.3 is 18.2 Å². The Bertz CT molecular complexity index is 1260. The molecule has 0 aliphatic carbocycles. The van der Waals surface area contributed by atoms with Gasteiger partial charge in [0, 0.05) is 5.02 Å². The highest BCUT2D eigenvalue weighted by molar-refractivity contribution is 6.45. The van der Waals surface area contributed by atoms with Crippen LogP contribution in [0.2, 0.25) is 10.0 Å². The van der Waals surface area contributed by atoms with E-state index in [0.717, 1.165) is 12.1 Å². The number of hydrazine groups is 1. The van der Waals surface area contributed by atoms with Crippen molar-refractivity contribution >= 4 is 34.8 Å². The molecule has 0 saturated heterocycles. The van der Waals surface area contributed by atoms with Gasteiger partial charge in [0.25, 0.3) is 0 Å². The molecule has 1 aliphatic heterocycles. The molecular formula is C20H11Cl2F3N5O2+. The van der Waals surface area contributed by atoms with Gasteiger partial charge in [-0.15, -0.1) is 0 Å². The van der Waals surface area contributed by atoms with E-state index in [-0.39, 0.29) is 26.6 Å². The Kier molecular flexibility index (Phi) is 5.96. The van der Waals surface area contributed by atoms with Crippen molar-refractivity contribution in [1.82, 2.24) is 5.43 Å². The Hall–Kier alpha value is -3.47. The molecule has 0 fully saturated rings. The van der Waals surface area contributed by atoms with Gasteiger partial charge in [-0.1, -0.05) is 40.8 Å². The fourth-order valence-electron chi connectivity index (χ4n) is 3.17. The van der Waals surface area contributed by atoms with E-state index < -0.39 is 40.0 Å². The first-order valence-electron chi connectivity index (χ1n) is 8.76. The van der Waals surface area contributed by atoms with Gasteiger partial charge in [-0.2, -0.15) is 28.7 Å². The van der Waals surface area contributed by atoms with Gasteiger partial charge in [-0.05, 0) is 42.3 Å². The molecule has 7 nitrogen and oxygen atoms in total. The molecule has 1 amide bonds. The van der Waals surface area contributed by atoms with Crippen LogP contribution in [-0.4, -0.2) is 16.5 Å². The number of carbonyl (C=O) groups is 1. The lowest BCUT2D eigenvalue weighted by Gasteiger charge is -2.25. The van der Waals surface area contributed by atoms with Crippen molar-refractivity contribution in [2.24, 2.45) is 4.99 Å². The van der Waals surface area contributed by atoms with Crippen LogP contribution >= 0.6 is 23.2 Å².